The average Bonchev–Trinajstić information content (AvgIpc) is 1.64. The number of H-pyrrole nitrogens is 4. The molecule has 6 unspecified atom stereocenters. The van der Waals surface area contributed by atoms with Gasteiger partial charge in [-0.05, 0) is 101 Å². The number of hydrogen-bond donors (Lipinski definition) is 13. The molecule has 64 heteroatoms. The van der Waals surface area contributed by atoms with Crippen LogP contribution in [-0.4, -0.2) is 224 Å². The molecule has 6 aliphatic heterocycles. The van der Waals surface area contributed by atoms with Crippen molar-refractivity contribution in [2.75, 3.05) is 50.2 Å². The van der Waals surface area contributed by atoms with Crippen molar-refractivity contribution in [3.8, 4) is 0 Å². The number of nitrogens with zero attached hydrogens (tertiary/aromatic N) is 14. The molecule has 52 nitrogen and oxygen atoms in total. The molecule has 0 amide bonds. The number of nitrogen functional groups attached to an aromatic ring is 3. The smallest absolute Gasteiger partial charge is 0.383 e. The van der Waals surface area contributed by atoms with Crippen molar-refractivity contribution in [2.24, 2.45) is 0 Å². The number of aromatic amines is 4. The van der Waals surface area contributed by atoms with Crippen molar-refractivity contribution in [2.45, 2.75) is 197 Å². The lowest BCUT2D eigenvalue weighted by molar-refractivity contribution is -0.0562. The van der Waals surface area contributed by atoms with Crippen molar-refractivity contribution in [1.29, 1.82) is 0 Å². The summed E-state index contributed by atoms with van der Waals surface area (Å²) in [6.07, 6.45) is -13.9. The number of aromatic nitrogens is 18. The van der Waals surface area contributed by atoms with Gasteiger partial charge in [-0.25, -0.2) is 48.9 Å². The highest BCUT2D eigenvalue weighted by Gasteiger charge is 2.51. The number of aryl methyl sites for hydroxylation is 3. The van der Waals surface area contributed by atoms with Gasteiger partial charge in [0.25, 0.3) is 22.2 Å². The molecular formula is C63H83N21O31P6S6. The maximum atomic E-state index is 14.9. The van der Waals surface area contributed by atoms with E-state index in [0.29, 0.717) is 5.56 Å². The molecule has 0 aliphatic carbocycles. The van der Waals surface area contributed by atoms with Crippen LogP contribution in [0.5, 0.6) is 0 Å². The van der Waals surface area contributed by atoms with E-state index in [1.165, 1.54) is 71.4 Å². The van der Waals surface area contributed by atoms with Gasteiger partial charge in [-0.3, -0.25) is 70.6 Å². The highest BCUT2D eigenvalue weighted by Crippen LogP contribution is 2.60. The molecule has 127 heavy (non-hydrogen) atoms. The number of rotatable bonds is 35. The Morgan fingerprint density at radius 2 is 0.827 bits per heavy atom. The van der Waals surface area contributed by atoms with E-state index >= 15 is 0 Å². The molecule has 0 spiro atoms. The van der Waals surface area contributed by atoms with Crippen LogP contribution >= 0.6 is 52.6 Å². The van der Waals surface area contributed by atoms with Crippen LogP contribution < -0.4 is 56.5 Å². The van der Waals surface area contributed by atoms with E-state index in [1.54, 1.807) is 27.7 Å². The fourth-order valence-corrected chi connectivity index (χ4v) is 24.2. The van der Waals surface area contributed by atoms with Crippen LogP contribution in [0.1, 0.15) is 113 Å². The van der Waals surface area contributed by atoms with E-state index in [2.05, 4.69) is 72.1 Å². The van der Waals surface area contributed by atoms with Crippen molar-refractivity contribution in [3.63, 3.8) is 0 Å². The zero-order valence-electron chi connectivity index (χ0n) is 66.9. The lowest BCUT2D eigenvalue weighted by Crippen LogP contribution is -2.33. The summed E-state index contributed by atoms with van der Waals surface area (Å²) in [5.41, 5.74) is 13.7. The van der Waals surface area contributed by atoms with Gasteiger partial charge in [0, 0.05) is 73.8 Å². The lowest BCUT2D eigenvalue weighted by atomic mass is 10.2. The quantitative estimate of drug-likeness (QED) is 0.0199. The predicted octanol–water partition coefficient (Wildman–Crippen LogP) is 1.81. The van der Waals surface area contributed by atoms with Crippen molar-refractivity contribution in [3.05, 3.63) is 140 Å². The van der Waals surface area contributed by atoms with Gasteiger partial charge in [0.1, 0.15) is 91.7 Å². The van der Waals surface area contributed by atoms with Crippen LogP contribution in [0.4, 0.5) is 17.6 Å². The minimum Gasteiger partial charge on any atom is -0.383 e. The molecule has 0 bridgehead atoms. The Bertz CT molecular complexity index is 6440. The number of hydrogen-bond acceptors (Lipinski definition) is 42. The SMILES string of the molecule is Cc1cn([C@H]2C[C@H](OP(=O)(S)OC[C@H]3O[C@@H](n4cc(C)c(=O)[nH]c4=O)C[C@@H]3OP(O)(=S)OC[C@H]3O[C@@H](n4cc(C)c(=O)[nH]c4=O)C[C@@H]3OP(O)(=S)OC[C@H]3O[C@@H](n4cnc5c(=O)[nH]cnc54)C[C@@H]3OP(O)(=S)OC(C)C)[C@@H](COP(O)(=S)O[C@H]3C[C@H](n4cnc5c(N)ncnc54)O[C@@H]3COP(O)(=S)O[C@H]3C[C@H](n4cnc5c(=O)[nH]c(N)nc54)O[C@@H]3C)O2)c(=O)nc1N. The summed E-state index contributed by atoms with van der Waals surface area (Å²) in [7, 11) is 0. The molecule has 9 aromatic heterocycles. The molecule has 6 aliphatic rings. The molecule has 692 valence electrons. The largest absolute Gasteiger partial charge is 0.386 e. The second-order valence-electron chi connectivity index (χ2n) is 30.0. The van der Waals surface area contributed by atoms with E-state index in [9.17, 15) is 62.6 Å². The summed E-state index contributed by atoms with van der Waals surface area (Å²) in [5.74, 6) is -0.232. The molecule has 6 fully saturated rings. The average molecular weight is 2010 g/mol. The molecular weight excluding hydrogens is 1930 g/mol. The highest BCUT2D eigenvalue weighted by molar-refractivity contribution is 8.44. The maximum Gasteiger partial charge on any atom is 0.386 e. The van der Waals surface area contributed by atoms with E-state index in [0.717, 1.165) is 20.0 Å². The molecule has 0 aromatic carbocycles. The van der Waals surface area contributed by atoms with E-state index in [1.807, 2.05) is 0 Å². The van der Waals surface area contributed by atoms with Crippen molar-refractivity contribution < 1.29 is 112 Å². The number of nitrogens with one attached hydrogen (secondary N) is 4. The Hall–Kier alpha value is -6.20. The fraction of sp³-hybridized carbons (Fsp3) is 0.571. The minimum atomic E-state index is -4.84. The van der Waals surface area contributed by atoms with Gasteiger partial charge in [0.2, 0.25) is 5.95 Å². The Morgan fingerprint density at radius 3 is 1.30 bits per heavy atom. The summed E-state index contributed by atoms with van der Waals surface area (Å²) < 4.78 is 132. The molecule has 6 saturated heterocycles. The second-order valence-corrected chi connectivity index (χ2v) is 46.8. The molecule has 9 aromatic rings. The zero-order valence-corrected chi connectivity index (χ0v) is 77.2. The topological polar surface area (TPSA) is 678 Å². The summed E-state index contributed by atoms with van der Waals surface area (Å²) in [6.45, 7) is -21.2. The van der Waals surface area contributed by atoms with Gasteiger partial charge in [0.05, 0.1) is 101 Å². The number of anilines is 3. The molecule has 0 radical (unpaired) electrons. The van der Waals surface area contributed by atoms with Crippen LogP contribution in [0.15, 0.2) is 83.8 Å². The predicted molar refractivity (Wildman–Crippen MR) is 461 cm³/mol. The summed E-state index contributed by atoms with van der Waals surface area (Å²) in [6, 6.07) is 0. The molecule has 15 rings (SSSR count). The second kappa shape index (κ2) is 38.0. The third kappa shape index (κ3) is 22.2. The van der Waals surface area contributed by atoms with Gasteiger partial charge >= 0.3 is 57.5 Å². The zero-order chi connectivity index (χ0) is 91.1. The fourth-order valence-electron chi connectivity index (χ4n) is 14.8. The summed E-state index contributed by atoms with van der Waals surface area (Å²) in [4.78, 5) is 192. The number of imidazole rings is 3. The first-order valence-electron chi connectivity index (χ1n) is 38.3. The van der Waals surface area contributed by atoms with Crippen LogP contribution in [0.2, 0.25) is 0 Å². The third-order valence-electron chi connectivity index (χ3n) is 20.7. The molecule has 15 heterocycles. The van der Waals surface area contributed by atoms with Crippen LogP contribution in [0.25, 0.3) is 33.5 Å². The van der Waals surface area contributed by atoms with E-state index in [4.69, 9.17) is 159 Å². The minimum absolute atomic E-state index is 0.00313. The normalized spacial score (nSPS) is 29.3. The Kier molecular flexibility index (Phi) is 28.6. The Morgan fingerprint density at radius 1 is 0.449 bits per heavy atom. The number of fused-ring (bicyclic) bond motifs is 3. The first-order valence-corrected chi connectivity index (χ1v) is 53.9. The first kappa shape index (κ1) is 95.4. The number of nitrogens with two attached hydrogens (primary N) is 3. The monoisotopic (exact) mass is 2010 g/mol. The first-order chi connectivity index (χ1) is 59.8. The highest BCUT2D eigenvalue weighted by atomic mass is 32.7. The van der Waals surface area contributed by atoms with Gasteiger partial charge in [-0.1, -0.05) is 12.2 Å². The van der Waals surface area contributed by atoms with Crippen molar-refractivity contribution in [1.82, 2.24) is 87.2 Å². The van der Waals surface area contributed by atoms with Gasteiger partial charge < -0.3 is 120 Å². The van der Waals surface area contributed by atoms with Gasteiger partial charge in [-0.2, -0.15) is 9.97 Å². The molecule has 0 saturated carbocycles. The third-order valence-corrected chi connectivity index (χ3v) is 30.5. The van der Waals surface area contributed by atoms with Crippen LogP contribution in [0, 0.1) is 20.8 Å². The Labute approximate surface area is 743 Å². The number of ether oxygens (including phenoxy) is 6. The number of thiol groups is 1. The van der Waals surface area contributed by atoms with Crippen LogP contribution in [0.3, 0.4) is 0 Å². The summed E-state index contributed by atoms with van der Waals surface area (Å²) >= 11 is 32.1. The van der Waals surface area contributed by atoms with Gasteiger partial charge in [0.15, 0.2) is 33.8 Å². The molecule has 15 N–H and O–H groups in total. The summed E-state index contributed by atoms with van der Waals surface area (Å²) in [5, 5.41) is 0. The maximum absolute atomic E-state index is 14.9. The van der Waals surface area contributed by atoms with E-state index in [-0.39, 0.29) is 94.3 Å². The van der Waals surface area contributed by atoms with Gasteiger partial charge in [-0.15, -0.1) is 0 Å². The van der Waals surface area contributed by atoms with Crippen molar-refractivity contribution >= 4 is 163 Å². The van der Waals surface area contributed by atoms with E-state index < -0.39 is 236 Å². The molecule has 24 atom stereocenters. The Balaban J connectivity index is 0.633. The lowest BCUT2D eigenvalue weighted by Gasteiger charge is -2.28. The van der Waals surface area contributed by atoms with Crippen LogP contribution in [-0.2, 0) is 146 Å². The standard InChI is InChI=1S/C63H83N21O31P6S6/c1-26(2)109-121(97,127)115-36-12-47(83-24-72-49-54(83)69-22-70-58(49)87)108-41(36)20-102-119(95,125)113-34-10-44(81-15-29(5)57(86)78-63(81)91)106-39(34)18-100-118(94,124)112-33-9-43(80-14-28(4)56(85)77-62(80)90)105-38(33)17-99-117(93,123)111-32-8-42(79-13-27(3)51(64)74-61(79)89)104-37(32)16-101-120(96,126)114-35-11-46(82-23-71-48-52(65)67-21-68-53(48)82)107-40(35)19-98-116(92,122)110-31-7-45(103-30(31)6)84-25-73-50-55(84)75-60(66)76-59(50)88/h13-15,21-26,30-47H,7-12,16-20H2,1-6H3,(H,92,122)(H,93,123)(H,94,124)(H,95,125)(H,96,126)(H,97,127)(H2,64,74,89)(H2,65,67,68)(H,69,70,87)(H,77,85,90)(H,78,86,91)(H3,66,75,76,88)/t30-,31+,32+,33+,34+,35+,36+,37-,38-,39-,40-,41-,42-,43-,44-,45-,46-,47-,116?,117?,118?,119?,120?,121?/m1/s1.